The smallest absolute Gasteiger partial charge is 0.272 e. The fourth-order valence-corrected chi connectivity index (χ4v) is 2.81. The third-order valence-electron chi connectivity index (χ3n) is 4.23. The summed E-state index contributed by atoms with van der Waals surface area (Å²) in [6, 6.07) is 11.9. The number of hydrogen-bond donors (Lipinski definition) is 1. The van der Waals surface area contributed by atoms with Gasteiger partial charge < -0.3 is 15.0 Å². The van der Waals surface area contributed by atoms with Crippen LogP contribution in [-0.2, 0) is 0 Å². The number of aryl methyl sites for hydroxylation is 1. The number of nitro benzene ring substituents is 1. The number of rotatable bonds is 7. The molecule has 0 aliphatic carbocycles. The highest BCUT2D eigenvalue weighted by Crippen LogP contribution is 2.27. The summed E-state index contributed by atoms with van der Waals surface area (Å²) in [5.41, 5.74) is 1.82. The maximum absolute atomic E-state index is 12.5. The van der Waals surface area contributed by atoms with Crippen molar-refractivity contribution in [3.8, 4) is 5.75 Å². The molecule has 1 atom stereocenters. The zero-order valence-corrected chi connectivity index (χ0v) is 15.4. The molecule has 0 saturated carbocycles. The van der Waals surface area contributed by atoms with Crippen molar-refractivity contribution in [2.75, 3.05) is 27.7 Å². The molecule has 0 aliphatic rings. The Morgan fingerprint density at radius 3 is 2.54 bits per heavy atom. The third kappa shape index (κ3) is 4.37. The van der Waals surface area contributed by atoms with Gasteiger partial charge >= 0.3 is 0 Å². The van der Waals surface area contributed by atoms with E-state index in [4.69, 9.17) is 4.74 Å². The SMILES string of the molecule is COc1ccccc1C(CNC(=O)c1ccc([N+](=O)[O-])c(C)c1)N(C)C. The lowest BCUT2D eigenvalue weighted by atomic mass is 10.0. The lowest BCUT2D eigenvalue weighted by Gasteiger charge is -2.26. The highest BCUT2D eigenvalue weighted by Gasteiger charge is 2.20. The molecule has 0 bridgehead atoms. The summed E-state index contributed by atoms with van der Waals surface area (Å²) in [6.07, 6.45) is 0. The molecule has 0 fully saturated rings. The van der Waals surface area contributed by atoms with Crippen molar-refractivity contribution < 1.29 is 14.5 Å². The van der Waals surface area contributed by atoms with Gasteiger partial charge in [-0.15, -0.1) is 0 Å². The Labute approximate surface area is 152 Å². The van der Waals surface area contributed by atoms with E-state index in [1.165, 1.54) is 18.2 Å². The van der Waals surface area contributed by atoms with Gasteiger partial charge in [0.25, 0.3) is 11.6 Å². The number of nitrogens with zero attached hydrogens (tertiary/aromatic N) is 2. The molecule has 2 rings (SSSR count). The topological polar surface area (TPSA) is 84.7 Å². The summed E-state index contributed by atoms with van der Waals surface area (Å²) in [6.45, 7) is 1.99. The summed E-state index contributed by atoms with van der Waals surface area (Å²) in [5, 5.41) is 13.8. The highest BCUT2D eigenvalue weighted by atomic mass is 16.6. The fourth-order valence-electron chi connectivity index (χ4n) is 2.81. The second kappa shape index (κ2) is 8.44. The number of carbonyl (C=O) groups excluding carboxylic acids is 1. The van der Waals surface area contributed by atoms with Crippen LogP contribution in [0.1, 0.15) is 27.5 Å². The van der Waals surface area contributed by atoms with Crippen LogP contribution in [0.25, 0.3) is 0 Å². The molecule has 2 aromatic rings. The lowest BCUT2D eigenvalue weighted by Crippen LogP contribution is -2.34. The molecule has 1 amide bonds. The van der Waals surface area contributed by atoms with Crippen LogP contribution >= 0.6 is 0 Å². The molecule has 1 N–H and O–H groups in total. The standard InChI is InChI=1S/C19H23N3O4/c1-13-11-14(9-10-16(13)22(24)25)19(23)20-12-17(21(2)3)15-7-5-6-8-18(15)26-4/h5-11,17H,12H2,1-4H3,(H,20,23). The first kappa shape index (κ1) is 19.4. The number of likely N-dealkylation sites (N-methyl/N-ethyl adjacent to an activating group) is 1. The maximum atomic E-state index is 12.5. The van der Waals surface area contributed by atoms with Crippen molar-refractivity contribution in [1.82, 2.24) is 10.2 Å². The van der Waals surface area contributed by atoms with Crippen molar-refractivity contribution in [3.63, 3.8) is 0 Å². The van der Waals surface area contributed by atoms with E-state index in [1.807, 2.05) is 43.3 Å². The van der Waals surface area contributed by atoms with Crippen molar-refractivity contribution >= 4 is 11.6 Å². The number of carbonyl (C=O) groups is 1. The van der Waals surface area contributed by atoms with E-state index in [2.05, 4.69) is 5.32 Å². The molecule has 0 saturated heterocycles. The van der Waals surface area contributed by atoms with Gasteiger partial charge in [-0.05, 0) is 39.2 Å². The predicted octanol–water partition coefficient (Wildman–Crippen LogP) is 2.94. The molecule has 0 aromatic heterocycles. The number of methoxy groups -OCH3 is 1. The monoisotopic (exact) mass is 357 g/mol. The average molecular weight is 357 g/mol. The van der Waals surface area contributed by atoms with E-state index in [9.17, 15) is 14.9 Å². The number of para-hydroxylation sites is 1. The molecule has 0 heterocycles. The van der Waals surface area contributed by atoms with Crippen LogP contribution < -0.4 is 10.1 Å². The van der Waals surface area contributed by atoms with Crippen molar-refractivity contribution in [3.05, 3.63) is 69.3 Å². The van der Waals surface area contributed by atoms with Crippen LogP contribution in [0.5, 0.6) is 5.75 Å². The van der Waals surface area contributed by atoms with Gasteiger partial charge in [-0.25, -0.2) is 0 Å². The number of hydrogen-bond acceptors (Lipinski definition) is 5. The van der Waals surface area contributed by atoms with Crippen LogP contribution in [0.4, 0.5) is 5.69 Å². The van der Waals surface area contributed by atoms with E-state index in [1.54, 1.807) is 14.0 Å². The summed E-state index contributed by atoms with van der Waals surface area (Å²) in [4.78, 5) is 24.9. The average Bonchev–Trinajstić information content (AvgIpc) is 2.61. The summed E-state index contributed by atoms with van der Waals surface area (Å²) in [5.74, 6) is 0.483. The zero-order chi connectivity index (χ0) is 19.3. The second-order valence-electron chi connectivity index (χ2n) is 6.19. The van der Waals surface area contributed by atoms with Gasteiger partial charge in [-0.1, -0.05) is 18.2 Å². The van der Waals surface area contributed by atoms with E-state index < -0.39 is 4.92 Å². The Bertz CT molecular complexity index is 805. The third-order valence-corrected chi connectivity index (χ3v) is 4.23. The first-order valence-electron chi connectivity index (χ1n) is 8.17. The molecule has 7 heteroatoms. The number of benzene rings is 2. The molecular weight excluding hydrogens is 334 g/mol. The van der Waals surface area contributed by atoms with E-state index in [0.29, 0.717) is 17.7 Å². The Morgan fingerprint density at radius 1 is 1.27 bits per heavy atom. The second-order valence-corrected chi connectivity index (χ2v) is 6.19. The first-order valence-corrected chi connectivity index (χ1v) is 8.17. The Hall–Kier alpha value is -2.93. The van der Waals surface area contributed by atoms with Crippen LogP contribution in [-0.4, -0.2) is 43.5 Å². The molecule has 138 valence electrons. The number of amides is 1. The van der Waals surface area contributed by atoms with E-state index in [-0.39, 0.29) is 17.6 Å². The summed E-state index contributed by atoms with van der Waals surface area (Å²) in [7, 11) is 5.47. The zero-order valence-electron chi connectivity index (χ0n) is 15.4. The minimum Gasteiger partial charge on any atom is -0.496 e. The van der Waals surface area contributed by atoms with Gasteiger partial charge in [0.1, 0.15) is 5.75 Å². The van der Waals surface area contributed by atoms with Crippen molar-refractivity contribution in [2.24, 2.45) is 0 Å². The Kier molecular flexibility index (Phi) is 6.30. The fraction of sp³-hybridized carbons (Fsp3) is 0.316. The highest BCUT2D eigenvalue weighted by molar-refractivity contribution is 5.94. The van der Waals surface area contributed by atoms with Gasteiger partial charge in [0.05, 0.1) is 18.1 Å². The van der Waals surface area contributed by atoms with Crippen LogP contribution in [0.15, 0.2) is 42.5 Å². The largest absolute Gasteiger partial charge is 0.496 e. The van der Waals surface area contributed by atoms with Crippen LogP contribution in [0.3, 0.4) is 0 Å². The van der Waals surface area contributed by atoms with Crippen molar-refractivity contribution in [2.45, 2.75) is 13.0 Å². The molecule has 7 nitrogen and oxygen atoms in total. The van der Waals surface area contributed by atoms with E-state index in [0.717, 1.165) is 11.3 Å². The minimum absolute atomic E-state index is 0.00161. The van der Waals surface area contributed by atoms with Gasteiger partial charge in [-0.2, -0.15) is 0 Å². The molecule has 0 spiro atoms. The summed E-state index contributed by atoms with van der Waals surface area (Å²) < 4.78 is 5.42. The van der Waals surface area contributed by atoms with Crippen molar-refractivity contribution in [1.29, 1.82) is 0 Å². The minimum atomic E-state index is -0.458. The predicted molar refractivity (Wildman–Crippen MR) is 99.6 cm³/mol. The van der Waals surface area contributed by atoms with Gasteiger partial charge in [-0.3, -0.25) is 14.9 Å². The van der Waals surface area contributed by atoms with Gasteiger partial charge in [0.2, 0.25) is 0 Å². The first-order chi connectivity index (χ1) is 12.3. The maximum Gasteiger partial charge on any atom is 0.272 e. The van der Waals surface area contributed by atoms with Gasteiger partial charge in [0, 0.05) is 29.3 Å². The normalized spacial score (nSPS) is 11.9. The molecule has 0 radical (unpaired) electrons. The summed E-state index contributed by atoms with van der Waals surface area (Å²) >= 11 is 0. The Balaban J connectivity index is 2.15. The van der Waals surface area contributed by atoms with Crippen LogP contribution in [0.2, 0.25) is 0 Å². The lowest BCUT2D eigenvalue weighted by molar-refractivity contribution is -0.385. The Morgan fingerprint density at radius 2 is 1.96 bits per heavy atom. The molecule has 0 aliphatic heterocycles. The van der Waals surface area contributed by atoms with Crippen LogP contribution in [0, 0.1) is 17.0 Å². The van der Waals surface area contributed by atoms with Gasteiger partial charge in [0.15, 0.2) is 0 Å². The number of ether oxygens (including phenoxy) is 1. The molecule has 1 unspecified atom stereocenters. The number of nitro groups is 1. The number of nitrogens with one attached hydrogen (secondary N) is 1. The molecule has 2 aromatic carbocycles. The molecular formula is C19H23N3O4. The van der Waals surface area contributed by atoms with E-state index >= 15 is 0 Å². The quantitative estimate of drug-likeness (QED) is 0.608. The molecule has 26 heavy (non-hydrogen) atoms.